The van der Waals surface area contributed by atoms with Gasteiger partial charge in [-0.15, -0.1) is 5.10 Å². The first kappa shape index (κ1) is 11.0. The molecule has 0 saturated carbocycles. The summed E-state index contributed by atoms with van der Waals surface area (Å²) >= 11 is 0. The molecule has 0 saturated heterocycles. The molecule has 1 rings (SSSR count). The van der Waals surface area contributed by atoms with Crippen molar-refractivity contribution >= 4 is 5.82 Å². The molecule has 1 heterocycles. The molecule has 5 nitrogen and oxygen atoms in total. The molecule has 0 bridgehead atoms. The molecule has 1 aromatic heterocycles. The number of nitrogens with zero attached hydrogens (tertiary/aromatic N) is 3. The molecule has 0 amide bonds. The van der Waals surface area contributed by atoms with Crippen molar-refractivity contribution < 1.29 is 4.74 Å². The quantitative estimate of drug-likeness (QED) is 0.786. The van der Waals surface area contributed by atoms with Crippen molar-refractivity contribution in [1.82, 2.24) is 15.0 Å². The zero-order chi connectivity index (χ0) is 10.8. The van der Waals surface area contributed by atoms with Crippen LogP contribution in [0.2, 0.25) is 0 Å². The van der Waals surface area contributed by atoms with Crippen LogP contribution in [0.3, 0.4) is 0 Å². The Morgan fingerprint density at radius 2 is 2.07 bits per heavy atom. The molecule has 80 valence electrons. The molecule has 0 aliphatic carbocycles. The minimum atomic E-state index is -0.111. The van der Waals surface area contributed by atoms with E-state index in [1.807, 2.05) is 27.7 Å². The first-order chi connectivity index (χ1) is 6.40. The van der Waals surface area contributed by atoms with Gasteiger partial charge < -0.3 is 10.5 Å². The highest BCUT2D eigenvalue weighted by atomic mass is 16.5. The van der Waals surface area contributed by atoms with E-state index in [0.29, 0.717) is 19.0 Å². The summed E-state index contributed by atoms with van der Waals surface area (Å²) in [5, 5.41) is 7.66. The fourth-order valence-electron chi connectivity index (χ4n) is 1.02. The second-order valence-corrected chi connectivity index (χ2v) is 4.24. The highest BCUT2D eigenvalue weighted by molar-refractivity contribution is 5.31. The van der Waals surface area contributed by atoms with Gasteiger partial charge in [0.15, 0.2) is 5.82 Å². The maximum atomic E-state index is 5.57. The summed E-state index contributed by atoms with van der Waals surface area (Å²) < 4.78 is 7.32. The summed E-state index contributed by atoms with van der Waals surface area (Å²) in [5.74, 6) is 0.487. The molecule has 2 N–H and O–H groups in total. The van der Waals surface area contributed by atoms with Crippen LogP contribution in [0.1, 0.15) is 26.5 Å². The molecule has 0 unspecified atom stereocenters. The summed E-state index contributed by atoms with van der Waals surface area (Å²) in [6, 6.07) is 0. The minimum Gasteiger partial charge on any atom is -0.381 e. The lowest BCUT2D eigenvalue weighted by Gasteiger charge is -2.19. The van der Waals surface area contributed by atoms with E-state index in [1.165, 1.54) is 0 Å². The van der Waals surface area contributed by atoms with E-state index >= 15 is 0 Å². The molecule has 0 radical (unpaired) electrons. The van der Waals surface area contributed by atoms with Crippen molar-refractivity contribution in [3.63, 3.8) is 0 Å². The van der Waals surface area contributed by atoms with Crippen molar-refractivity contribution in [2.75, 3.05) is 12.3 Å². The summed E-state index contributed by atoms with van der Waals surface area (Å²) in [6.07, 6.45) is 0. The molecule has 1 aromatic rings. The molecule has 0 spiro atoms. The van der Waals surface area contributed by atoms with Gasteiger partial charge in [0, 0.05) is 0 Å². The molecule has 5 heteroatoms. The van der Waals surface area contributed by atoms with Gasteiger partial charge in [0.1, 0.15) is 0 Å². The zero-order valence-corrected chi connectivity index (χ0v) is 9.24. The van der Waals surface area contributed by atoms with Crippen LogP contribution in [-0.2, 0) is 11.3 Å². The number of hydrogen-bond acceptors (Lipinski definition) is 4. The predicted octanol–water partition coefficient (Wildman–Crippen LogP) is 0.984. The van der Waals surface area contributed by atoms with Crippen LogP contribution in [0, 0.1) is 6.92 Å². The van der Waals surface area contributed by atoms with Crippen molar-refractivity contribution in [3.8, 4) is 0 Å². The van der Waals surface area contributed by atoms with Crippen molar-refractivity contribution in [2.45, 2.75) is 39.8 Å². The zero-order valence-electron chi connectivity index (χ0n) is 9.24. The highest BCUT2D eigenvalue weighted by Gasteiger charge is 2.10. The van der Waals surface area contributed by atoms with Crippen LogP contribution in [0.15, 0.2) is 0 Å². The maximum Gasteiger partial charge on any atom is 0.168 e. The normalized spacial score (nSPS) is 12.0. The Labute approximate surface area is 84.2 Å². The highest BCUT2D eigenvalue weighted by Crippen LogP contribution is 2.08. The molecular formula is C9H18N4O. The van der Waals surface area contributed by atoms with Crippen LogP contribution in [0.4, 0.5) is 5.82 Å². The van der Waals surface area contributed by atoms with E-state index in [4.69, 9.17) is 10.5 Å². The summed E-state index contributed by atoms with van der Waals surface area (Å²) in [6.45, 7) is 9.27. The van der Waals surface area contributed by atoms with Gasteiger partial charge in [0.05, 0.1) is 24.4 Å². The van der Waals surface area contributed by atoms with Crippen molar-refractivity contribution in [1.29, 1.82) is 0 Å². The second-order valence-electron chi connectivity index (χ2n) is 4.24. The van der Waals surface area contributed by atoms with Crippen LogP contribution in [0.5, 0.6) is 0 Å². The molecule has 0 fully saturated rings. The van der Waals surface area contributed by atoms with Crippen molar-refractivity contribution in [2.24, 2.45) is 0 Å². The minimum absolute atomic E-state index is 0.111. The van der Waals surface area contributed by atoms with E-state index in [2.05, 4.69) is 10.3 Å². The van der Waals surface area contributed by atoms with Gasteiger partial charge in [-0.1, -0.05) is 5.21 Å². The van der Waals surface area contributed by atoms with E-state index in [0.717, 1.165) is 5.69 Å². The average molecular weight is 198 g/mol. The van der Waals surface area contributed by atoms with Gasteiger partial charge in [-0.05, 0) is 27.7 Å². The molecule has 0 aromatic carbocycles. The SMILES string of the molecule is Cc1c(N)nnn1CCOC(C)(C)C. The predicted molar refractivity (Wildman–Crippen MR) is 54.9 cm³/mol. The number of ether oxygens (including phenoxy) is 1. The van der Waals surface area contributed by atoms with E-state index < -0.39 is 0 Å². The monoisotopic (exact) mass is 198 g/mol. The Kier molecular flexibility index (Phi) is 3.10. The van der Waals surface area contributed by atoms with Crippen LogP contribution >= 0.6 is 0 Å². The summed E-state index contributed by atoms with van der Waals surface area (Å²) in [5.41, 5.74) is 6.34. The van der Waals surface area contributed by atoms with Crippen LogP contribution in [0.25, 0.3) is 0 Å². The second kappa shape index (κ2) is 3.96. The average Bonchev–Trinajstić information content (AvgIpc) is 2.33. The number of hydrogen-bond donors (Lipinski definition) is 1. The molecule has 14 heavy (non-hydrogen) atoms. The summed E-state index contributed by atoms with van der Waals surface area (Å²) in [4.78, 5) is 0. The Morgan fingerprint density at radius 3 is 2.50 bits per heavy atom. The Bertz CT molecular complexity index is 300. The topological polar surface area (TPSA) is 66.0 Å². The fourth-order valence-corrected chi connectivity index (χ4v) is 1.02. The van der Waals surface area contributed by atoms with Gasteiger partial charge in [-0.25, -0.2) is 4.68 Å². The van der Waals surface area contributed by atoms with Crippen LogP contribution in [-0.4, -0.2) is 27.2 Å². The standard InChI is InChI=1S/C9H18N4O/c1-7-8(10)11-12-13(7)5-6-14-9(2,3)4/h5-6,10H2,1-4H3. The third-order valence-corrected chi connectivity index (χ3v) is 1.86. The first-order valence-electron chi connectivity index (χ1n) is 4.69. The molecule has 0 atom stereocenters. The number of nitrogens with two attached hydrogens (primary N) is 1. The number of rotatable bonds is 3. The maximum absolute atomic E-state index is 5.57. The van der Waals surface area contributed by atoms with Gasteiger partial charge in [0.25, 0.3) is 0 Å². The van der Waals surface area contributed by atoms with Gasteiger partial charge in [-0.2, -0.15) is 0 Å². The fraction of sp³-hybridized carbons (Fsp3) is 0.778. The van der Waals surface area contributed by atoms with Gasteiger partial charge in [-0.3, -0.25) is 0 Å². The Morgan fingerprint density at radius 1 is 1.43 bits per heavy atom. The van der Waals surface area contributed by atoms with Gasteiger partial charge in [0.2, 0.25) is 0 Å². The van der Waals surface area contributed by atoms with E-state index in [9.17, 15) is 0 Å². The molecule has 0 aliphatic rings. The lowest BCUT2D eigenvalue weighted by molar-refractivity contribution is -0.00823. The number of nitrogen functional groups attached to an aromatic ring is 1. The lowest BCUT2D eigenvalue weighted by Crippen LogP contribution is -2.22. The molecule has 0 aliphatic heterocycles. The van der Waals surface area contributed by atoms with Gasteiger partial charge >= 0.3 is 0 Å². The largest absolute Gasteiger partial charge is 0.381 e. The van der Waals surface area contributed by atoms with E-state index in [1.54, 1.807) is 4.68 Å². The third-order valence-electron chi connectivity index (χ3n) is 1.86. The summed E-state index contributed by atoms with van der Waals surface area (Å²) in [7, 11) is 0. The number of aromatic nitrogens is 3. The Balaban J connectivity index is 2.43. The smallest absolute Gasteiger partial charge is 0.168 e. The first-order valence-corrected chi connectivity index (χ1v) is 4.69. The van der Waals surface area contributed by atoms with E-state index in [-0.39, 0.29) is 5.60 Å². The third kappa shape index (κ3) is 2.99. The van der Waals surface area contributed by atoms with Crippen LogP contribution < -0.4 is 5.73 Å². The van der Waals surface area contributed by atoms with Crippen molar-refractivity contribution in [3.05, 3.63) is 5.69 Å². The Hall–Kier alpha value is -1.10. The lowest BCUT2D eigenvalue weighted by atomic mass is 10.2. The molecular weight excluding hydrogens is 180 g/mol. The number of anilines is 1.